The van der Waals surface area contributed by atoms with Gasteiger partial charge in [0.25, 0.3) is 0 Å². The summed E-state index contributed by atoms with van der Waals surface area (Å²) in [6.45, 7) is 5.44. The van der Waals surface area contributed by atoms with Crippen LogP contribution < -0.4 is 0 Å². The first-order valence-electron chi connectivity index (χ1n) is 13.8. The van der Waals surface area contributed by atoms with Crippen molar-refractivity contribution >= 4 is 22.3 Å². The molecule has 0 aromatic rings. The van der Waals surface area contributed by atoms with Crippen molar-refractivity contribution in [2.24, 2.45) is 11.8 Å². The number of carboxylic acids is 2. The van der Waals surface area contributed by atoms with Crippen molar-refractivity contribution in [1.82, 2.24) is 0 Å². The Labute approximate surface area is 224 Å². The summed E-state index contributed by atoms with van der Waals surface area (Å²) in [5, 5.41) is 29.1. The third-order valence-electron chi connectivity index (χ3n) is 6.68. The van der Waals surface area contributed by atoms with Gasteiger partial charge in [0, 0.05) is 0 Å². The molecule has 10 nitrogen and oxygen atoms in total. The molecule has 0 aliphatic carbocycles. The van der Waals surface area contributed by atoms with Gasteiger partial charge < -0.3 is 24.4 Å². The number of rotatable bonds is 23. The van der Waals surface area contributed by atoms with Crippen molar-refractivity contribution in [2.45, 2.75) is 104 Å². The van der Waals surface area contributed by atoms with Gasteiger partial charge in [-0.3, -0.25) is 13.8 Å². The Kier molecular flexibility index (Phi) is 23.2. The number of aliphatic hydroxyl groups is 1. The zero-order valence-corrected chi connectivity index (χ0v) is 24.3. The highest BCUT2D eigenvalue weighted by Gasteiger charge is 2.34. The molecule has 0 aromatic carbocycles. The van der Waals surface area contributed by atoms with Crippen LogP contribution in [0.25, 0.3) is 0 Å². The molecule has 0 saturated carbocycles. The topological polar surface area (TPSA) is 161 Å². The minimum atomic E-state index is -4.41. The van der Waals surface area contributed by atoms with Crippen LogP contribution in [0.15, 0.2) is 0 Å². The summed E-state index contributed by atoms with van der Waals surface area (Å²) in [7, 11) is -1.70. The molecule has 0 spiro atoms. The summed E-state index contributed by atoms with van der Waals surface area (Å²) in [6, 6.07) is 0. The van der Waals surface area contributed by atoms with Crippen LogP contribution in [0.4, 0.5) is 0 Å². The predicted molar refractivity (Wildman–Crippen MR) is 143 cm³/mol. The lowest BCUT2D eigenvalue weighted by Crippen LogP contribution is -2.53. The largest absolute Gasteiger partial charge is 0.726 e. The number of hydrogen-bond donors (Lipinski definition) is 3. The van der Waals surface area contributed by atoms with Crippen LogP contribution >= 0.6 is 0 Å². The van der Waals surface area contributed by atoms with Crippen LogP contribution in [0, 0.1) is 11.8 Å². The molecular formula is C26H53NO9S. The molecule has 0 aliphatic rings. The zero-order valence-electron chi connectivity index (χ0n) is 23.5. The minimum Gasteiger partial charge on any atom is -0.726 e. The minimum absolute atomic E-state index is 0.0663. The smallest absolute Gasteiger partial charge is 0.312 e. The van der Waals surface area contributed by atoms with E-state index in [1.807, 2.05) is 7.05 Å². The van der Waals surface area contributed by atoms with Crippen LogP contribution in [0.3, 0.4) is 0 Å². The Hall–Kier alpha value is -1.27. The number of unbranched alkanes of at least 4 members (excludes halogenated alkanes) is 10. The second kappa shape index (κ2) is 22.7. The summed E-state index contributed by atoms with van der Waals surface area (Å²) in [4.78, 5) is 23.8. The van der Waals surface area contributed by atoms with Gasteiger partial charge in [0.05, 0.1) is 33.9 Å². The monoisotopic (exact) mass is 555 g/mol. The normalized spacial score (nSPS) is 14.8. The van der Waals surface area contributed by atoms with Crippen molar-refractivity contribution < 1.29 is 46.5 Å². The average molecular weight is 556 g/mol. The van der Waals surface area contributed by atoms with Gasteiger partial charge in [0.2, 0.25) is 10.4 Å². The van der Waals surface area contributed by atoms with Gasteiger partial charge in [-0.1, -0.05) is 90.9 Å². The van der Waals surface area contributed by atoms with Crippen LogP contribution in [-0.4, -0.2) is 85.1 Å². The number of quaternary nitrogens is 1. The summed E-state index contributed by atoms with van der Waals surface area (Å²) in [5.74, 6) is -2.60. The SMILES string of the molecule is CCCCCCCCC(C[N+](C)(CCO)CC(CCCCCCCC)C(=O)O)C(=O)O.COS(=O)(=O)[O-]. The fourth-order valence-electron chi connectivity index (χ4n) is 4.49. The molecule has 3 N–H and O–H groups in total. The molecule has 11 heteroatoms. The highest BCUT2D eigenvalue weighted by atomic mass is 32.3. The quantitative estimate of drug-likeness (QED) is 0.0717. The second-order valence-corrected chi connectivity index (χ2v) is 11.3. The van der Waals surface area contributed by atoms with Crippen LogP contribution in [0.2, 0.25) is 0 Å². The maximum absolute atomic E-state index is 11.9. The molecular weight excluding hydrogens is 502 g/mol. The van der Waals surface area contributed by atoms with E-state index in [1.165, 1.54) is 38.5 Å². The lowest BCUT2D eigenvalue weighted by atomic mass is 9.95. The van der Waals surface area contributed by atoms with Crippen molar-refractivity contribution in [3.63, 3.8) is 0 Å². The van der Waals surface area contributed by atoms with E-state index in [-0.39, 0.29) is 6.61 Å². The number of hydrogen-bond acceptors (Lipinski definition) is 7. The van der Waals surface area contributed by atoms with Crippen LogP contribution in [0.5, 0.6) is 0 Å². The number of aliphatic carboxylic acids is 2. The maximum atomic E-state index is 11.9. The molecule has 0 heterocycles. The molecule has 0 aliphatic heterocycles. The molecule has 0 bridgehead atoms. The van der Waals surface area contributed by atoms with E-state index in [4.69, 9.17) is 0 Å². The molecule has 222 valence electrons. The van der Waals surface area contributed by atoms with E-state index in [0.717, 1.165) is 45.6 Å². The maximum Gasteiger partial charge on any atom is 0.312 e. The Bertz CT molecular complexity index is 650. The van der Waals surface area contributed by atoms with E-state index in [0.29, 0.717) is 37.0 Å². The lowest BCUT2D eigenvalue weighted by Gasteiger charge is -2.38. The number of carbonyl (C=O) groups is 2. The van der Waals surface area contributed by atoms with E-state index >= 15 is 0 Å². The lowest BCUT2D eigenvalue weighted by molar-refractivity contribution is -0.914. The molecule has 37 heavy (non-hydrogen) atoms. The summed E-state index contributed by atoms with van der Waals surface area (Å²) < 4.78 is 31.3. The third-order valence-corrected chi connectivity index (χ3v) is 7.09. The second-order valence-electron chi connectivity index (χ2n) is 10.2. The van der Waals surface area contributed by atoms with Crippen molar-refractivity contribution in [1.29, 1.82) is 0 Å². The fourth-order valence-corrected chi connectivity index (χ4v) is 4.49. The molecule has 0 amide bonds. The average Bonchev–Trinajstić information content (AvgIpc) is 2.81. The number of carboxylic acid groups (broad SMARTS) is 2. The first kappa shape index (κ1) is 37.9. The van der Waals surface area contributed by atoms with E-state index in [9.17, 15) is 37.9 Å². The standard InChI is InChI=1S/C25H49NO5.CH4O4S/c1-4-6-8-10-12-14-16-22(24(28)29)20-26(3,18-19-27)21-23(25(30)31)17-15-13-11-9-7-5-2;1-5-6(2,3)4/h22-23,27H,4-21H2,1-3H3,(H-,28,29,30,31);1H3,(H,2,3,4). The molecule has 0 saturated heterocycles. The van der Waals surface area contributed by atoms with Gasteiger partial charge in [-0.25, -0.2) is 8.42 Å². The highest BCUT2D eigenvalue weighted by Crippen LogP contribution is 2.22. The number of nitrogens with zero attached hydrogens (tertiary/aromatic N) is 1. The van der Waals surface area contributed by atoms with Crippen molar-refractivity contribution in [2.75, 3.05) is 40.4 Å². The Balaban J connectivity index is 0. The molecule has 0 aromatic heterocycles. The van der Waals surface area contributed by atoms with Gasteiger partial charge >= 0.3 is 11.9 Å². The molecule has 2 atom stereocenters. The van der Waals surface area contributed by atoms with E-state index in [1.54, 1.807) is 0 Å². The van der Waals surface area contributed by atoms with Crippen molar-refractivity contribution in [3.05, 3.63) is 0 Å². The highest BCUT2D eigenvalue weighted by molar-refractivity contribution is 7.80. The van der Waals surface area contributed by atoms with Gasteiger partial charge in [-0.15, -0.1) is 0 Å². The molecule has 0 radical (unpaired) electrons. The Morgan fingerprint density at radius 1 is 0.784 bits per heavy atom. The summed E-state index contributed by atoms with van der Waals surface area (Å²) in [6.07, 6.45) is 14.6. The first-order valence-corrected chi connectivity index (χ1v) is 15.1. The van der Waals surface area contributed by atoms with E-state index < -0.39 is 34.2 Å². The number of aliphatic hydroxyl groups excluding tert-OH is 1. The van der Waals surface area contributed by atoms with E-state index in [2.05, 4.69) is 18.0 Å². The summed E-state index contributed by atoms with van der Waals surface area (Å²) in [5.41, 5.74) is 0. The summed E-state index contributed by atoms with van der Waals surface area (Å²) >= 11 is 0. The molecule has 0 fully saturated rings. The Morgan fingerprint density at radius 2 is 1.11 bits per heavy atom. The van der Waals surface area contributed by atoms with Crippen molar-refractivity contribution in [3.8, 4) is 0 Å². The zero-order chi connectivity index (χ0) is 28.7. The first-order chi connectivity index (χ1) is 17.4. The molecule has 0 rings (SSSR count). The third kappa shape index (κ3) is 23.6. The van der Waals surface area contributed by atoms with Crippen LogP contribution in [-0.2, 0) is 24.2 Å². The van der Waals surface area contributed by atoms with Gasteiger partial charge in [-0.2, -0.15) is 0 Å². The predicted octanol–water partition coefficient (Wildman–Crippen LogP) is 4.42. The Morgan fingerprint density at radius 3 is 1.38 bits per heavy atom. The fraction of sp³-hybridized carbons (Fsp3) is 0.923. The number of likely N-dealkylation sites (N-methyl/N-ethyl adjacent to an activating group) is 1. The van der Waals surface area contributed by atoms with Gasteiger partial charge in [0.1, 0.15) is 18.4 Å². The van der Waals surface area contributed by atoms with Crippen LogP contribution in [0.1, 0.15) is 104 Å². The van der Waals surface area contributed by atoms with Gasteiger partial charge in [0.15, 0.2) is 0 Å². The molecule has 2 unspecified atom stereocenters. The van der Waals surface area contributed by atoms with Gasteiger partial charge in [-0.05, 0) is 12.8 Å².